The molecule has 1 fully saturated rings. The molecule has 1 saturated carbocycles. The van der Waals surface area contributed by atoms with Gasteiger partial charge in [-0.15, -0.1) is 0 Å². The zero-order valence-electron chi connectivity index (χ0n) is 8.42. The first kappa shape index (κ1) is 12.3. The molecule has 0 spiro atoms. The Labute approximate surface area is 109 Å². The van der Waals surface area contributed by atoms with Crippen LogP contribution in [0.1, 0.15) is 19.3 Å². The molecule has 0 radical (unpaired) electrons. The molecular weight excluding hydrogens is 270 g/mol. The van der Waals surface area contributed by atoms with E-state index in [0.717, 1.165) is 19.3 Å². The van der Waals surface area contributed by atoms with Crippen molar-refractivity contribution in [1.29, 1.82) is 0 Å². The van der Waals surface area contributed by atoms with Gasteiger partial charge in [-0.05, 0) is 25.3 Å². The van der Waals surface area contributed by atoms with Gasteiger partial charge in [-0.1, -0.05) is 34.8 Å². The Morgan fingerprint density at radius 3 is 2.38 bits per heavy atom. The van der Waals surface area contributed by atoms with Gasteiger partial charge in [0.15, 0.2) is 0 Å². The molecule has 0 heterocycles. The molecule has 0 aliphatic heterocycles. The van der Waals surface area contributed by atoms with Crippen LogP contribution in [0, 0.1) is 0 Å². The lowest BCUT2D eigenvalue weighted by Crippen LogP contribution is -2.25. The second-order valence-corrected chi connectivity index (χ2v) is 5.07. The van der Waals surface area contributed by atoms with E-state index < -0.39 is 6.10 Å². The van der Waals surface area contributed by atoms with Crippen molar-refractivity contribution >= 4 is 34.8 Å². The van der Waals surface area contributed by atoms with Crippen LogP contribution in [-0.2, 0) is 0 Å². The third-order valence-corrected chi connectivity index (χ3v) is 3.69. The number of halogens is 3. The van der Waals surface area contributed by atoms with E-state index in [9.17, 15) is 5.11 Å². The largest absolute Gasteiger partial charge is 0.486 e. The van der Waals surface area contributed by atoms with Crippen LogP contribution in [0.4, 0.5) is 0 Å². The normalized spacial score (nSPS) is 24.8. The predicted octanol–water partition coefficient (Wildman–Crippen LogP) is 3.94. The number of aliphatic hydroxyl groups excluding tert-OH is 1. The summed E-state index contributed by atoms with van der Waals surface area (Å²) < 4.78 is 5.63. The van der Waals surface area contributed by atoms with Gasteiger partial charge in [0.2, 0.25) is 0 Å². The monoisotopic (exact) mass is 280 g/mol. The summed E-state index contributed by atoms with van der Waals surface area (Å²) in [5, 5.41) is 10.8. The Morgan fingerprint density at radius 2 is 1.75 bits per heavy atom. The van der Waals surface area contributed by atoms with Crippen molar-refractivity contribution in [1.82, 2.24) is 0 Å². The van der Waals surface area contributed by atoms with Crippen molar-refractivity contribution in [2.75, 3.05) is 0 Å². The van der Waals surface area contributed by atoms with Gasteiger partial charge in [-0.2, -0.15) is 0 Å². The first-order chi connectivity index (χ1) is 7.58. The van der Waals surface area contributed by atoms with E-state index in [1.165, 1.54) is 0 Å². The van der Waals surface area contributed by atoms with Crippen molar-refractivity contribution in [2.45, 2.75) is 31.5 Å². The molecule has 2 nitrogen and oxygen atoms in total. The van der Waals surface area contributed by atoms with E-state index >= 15 is 0 Å². The van der Waals surface area contributed by atoms with Crippen molar-refractivity contribution in [3.8, 4) is 5.75 Å². The summed E-state index contributed by atoms with van der Waals surface area (Å²) in [7, 11) is 0. The number of benzene rings is 1. The number of rotatable bonds is 2. The maximum atomic E-state index is 9.64. The lowest BCUT2D eigenvalue weighted by molar-refractivity contribution is 0.0605. The van der Waals surface area contributed by atoms with E-state index in [1.54, 1.807) is 12.1 Å². The molecule has 5 heteroatoms. The molecule has 1 aliphatic rings. The number of hydrogen-bond donors (Lipinski definition) is 1. The van der Waals surface area contributed by atoms with E-state index in [-0.39, 0.29) is 6.10 Å². The smallest absolute Gasteiger partial charge is 0.140 e. The number of aliphatic hydroxyl groups is 1. The molecule has 1 N–H and O–H groups in total. The molecule has 2 unspecified atom stereocenters. The van der Waals surface area contributed by atoms with Crippen LogP contribution in [0.5, 0.6) is 5.75 Å². The molecule has 16 heavy (non-hydrogen) atoms. The summed E-state index contributed by atoms with van der Waals surface area (Å²) in [4.78, 5) is 0. The Morgan fingerprint density at radius 1 is 1.06 bits per heavy atom. The van der Waals surface area contributed by atoms with Crippen molar-refractivity contribution in [2.24, 2.45) is 0 Å². The van der Waals surface area contributed by atoms with Crippen molar-refractivity contribution in [3.63, 3.8) is 0 Å². The lowest BCUT2D eigenvalue weighted by Gasteiger charge is -2.18. The van der Waals surface area contributed by atoms with E-state index in [0.29, 0.717) is 20.8 Å². The van der Waals surface area contributed by atoms with E-state index in [4.69, 9.17) is 39.5 Å². The highest BCUT2D eigenvalue weighted by atomic mass is 35.5. The van der Waals surface area contributed by atoms with Gasteiger partial charge in [-0.25, -0.2) is 0 Å². The number of ether oxygens (including phenoxy) is 1. The van der Waals surface area contributed by atoms with E-state index in [1.807, 2.05) is 0 Å². The summed E-state index contributed by atoms with van der Waals surface area (Å²) in [6, 6.07) is 3.12. The third-order valence-electron chi connectivity index (χ3n) is 2.67. The van der Waals surface area contributed by atoms with Crippen LogP contribution in [-0.4, -0.2) is 17.3 Å². The van der Waals surface area contributed by atoms with Gasteiger partial charge in [0.05, 0.1) is 21.2 Å². The highest BCUT2D eigenvalue weighted by Crippen LogP contribution is 2.36. The molecule has 0 aromatic heterocycles. The Kier molecular flexibility index (Phi) is 3.85. The second-order valence-electron chi connectivity index (χ2n) is 3.85. The fourth-order valence-electron chi connectivity index (χ4n) is 1.80. The first-order valence-corrected chi connectivity index (χ1v) is 6.20. The van der Waals surface area contributed by atoms with Gasteiger partial charge in [0.1, 0.15) is 11.9 Å². The minimum absolute atomic E-state index is 0.199. The molecule has 2 rings (SSSR count). The Balaban J connectivity index is 2.18. The van der Waals surface area contributed by atoms with Crippen LogP contribution in [0.3, 0.4) is 0 Å². The van der Waals surface area contributed by atoms with Gasteiger partial charge in [-0.3, -0.25) is 0 Å². The quantitative estimate of drug-likeness (QED) is 0.832. The number of hydrogen-bond acceptors (Lipinski definition) is 2. The maximum absolute atomic E-state index is 9.64. The SMILES string of the molecule is OC1CCCC1Oc1cc(Cl)c(Cl)cc1Cl. The standard InChI is InChI=1S/C11H11Cl3O2/c12-6-4-8(14)11(5-7(6)13)16-10-3-1-2-9(10)15/h4-5,9-10,15H,1-3H2. The van der Waals surface area contributed by atoms with Crippen LogP contribution < -0.4 is 4.74 Å². The van der Waals surface area contributed by atoms with Crippen molar-refractivity contribution in [3.05, 3.63) is 27.2 Å². The Bertz CT molecular complexity index is 395. The molecule has 1 aromatic rings. The van der Waals surface area contributed by atoms with Crippen LogP contribution in [0.25, 0.3) is 0 Å². The molecule has 2 atom stereocenters. The van der Waals surface area contributed by atoms with E-state index in [2.05, 4.69) is 0 Å². The molecular formula is C11H11Cl3O2. The second kappa shape index (κ2) is 5.01. The molecule has 88 valence electrons. The van der Waals surface area contributed by atoms with Crippen molar-refractivity contribution < 1.29 is 9.84 Å². The fraction of sp³-hybridized carbons (Fsp3) is 0.455. The summed E-state index contributed by atoms with van der Waals surface area (Å²) >= 11 is 17.7. The highest BCUT2D eigenvalue weighted by Gasteiger charge is 2.27. The summed E-state index contributed by atoms with van der Waals surface area (Å²) in [6.07, 6.45) is 1.94. The predicted molar refractivity (Wildman–Crippen MR) is 65.7 cm³/mol. The molecule has 1 aromatic carbocycles. The minimum atomic E-state index is -0.425. The van der Waals surface area contributed by atoms with Crippen LogP contribution >= 0.6 is 34.8 Å². The summed E-state index contributed by atoms with van der Waals surface area (Å²) in [5.41, 5.74) is 0. The summed E-state index contributed by atoms with van der Waals surface area (Å²) in [6.45, 7) is 0. The van der Waals surface area contributed by atoms with Crippen LogP contribution in [0.15, 0.2) is 12.1 Å². The van der Waals surface area contributed by atoms with Gasteiger partial charge >= 0.3 is 0 Å². The summed E-state index contributed by atoms with van der Waals surface area (Å²) in [5.74, 6) is 0.474. The Hall–Kier alpha value is -0.150. The maximum Gasteiger partial charge on any atom is 0.140 e. The average Bonchev–Trinajstić information content (AvgIpc) is 2.61. The molecule has 0 amide bonds. The molecule has 0 bridgehead atoms. The lowest BCUT2D eigenvalue weighted by atomic mass is 10.2. The molecule has 0 saturated heterocycles. The van der Waals surface area contributed by atoms with Gasteiger partial charge in [0.25, 0.3) is 0 Å². The van der Waals surface area contributed by atoms with Gasteiger partial charge in [0, 0.05) is 6.07 Å². The third kappa shape index (κ3) is 2.57. The molecule has 1 aliphatic carbocycles. The zero-order chi connectivity index (χ0) is 11.7. The van der Waals surface area contributed by atoms with Crippen LogP contribution in [0.2, 0.25) is 15.1 Å². The van der Waals surface area contributed by atoms with Gasteiger partial charge < -0.3 is 9.84 Å². The highest BCUT2D eigenvalue weighted by molar-refractivity contribution is 6.43. The first-order valence-electron chi connectivity index (χ1n) is 5.07. The minimum Gasteiger partial charge on any atom is -0.486 e. The zero-order valence-corrected chi connectivity index (χ0v) is 10.7. The topological polar surface area (TPSA) is 29.5 Å². The average molecular weight is 282 g/mol. The fourth-order valence-corrected chi connectivity index (χ4v) is 2.38.